The molecule has 1 unspecified atom stereocenters. The minimum Gasteiger partial charge on any atom is -0.497 e. The van der Waals surface area contributed by atoms with Crippen LogP contribution in [0.15, 0.2) is 84.5 Å². The van der Waals surface area contributed by atoms with E-state index in [0.717, 1.165) is 72.4 Å². The highest BCUT2D eigenvalue weighted by atomic mass is 16.6. The van der Waals surface area contributed by atoms with E-state index >= 15 is 4.79 Å². The Morgan fingerprint density at radius 2 is 1.76 bits per heavy atom. The monoisotopic (exact) mass is 897 g/mol. The van der Waals surface area contributed by atoms with E-state index in [1.54, 1.807) is 38.5 Å². The molecular formula is C53H63N5O8. The van der Waals surface area contributed by atoms with Crippen molar-refractivity contribution in [3.63, 3.8) is 0 Å². The van der Waals surface area contributed by atoms with Crippen molar-refractivity contribution in [2.24, 2.45) is 11.3 Å². The van der Waals surface area contributed by atoms with E-state index < -0.39 is 40.0 Å². The number of nitrogens with zero attached hydrogens (tertiary/aromatic N) is 3. The number of benzene rings is 3. The van der Waals surface area contributed by atoms with Crippen LogP contribution in [0.3, 0.4) is 0 Å². The molecule has 2 bridgehead atoms. The summed E-state index contributed by atoms with van der Waals surface area (Å²) in [7, 11) is 6.70. The second kappa shape index (κ2) is 16.3. The Kier molecular flexibility index (Phi) is 10.9. The molecule has 4 aromatic rings. The number of carbonyl (C=O) groups excluding carboxylic acids is 3. The fourth-order valence-electron chi connectivity index (χ4n) is 14.1. The Morgan fingerprint density at radius 1 is 0.970 bits per heavy atom. The topological polar surface area (TPSA) is 146 Å². The summed E-state index contributed by atoms with van der Waals surface area (Å²) in [6, 6.07) is 18.5. The predicted molar refractivity (Wildman–Crippen MR) is 252 cm³/mol. The molecule has 1 spiro atoms. The van der Waals surface area contributed by atoms with E-state index in [-0.39, 0.29) is 30.4 Å². The van der Waals surface area contributed by atoms with E-state index in [1.807, 2.05) is 19.2 Å². The molecule has 0 radical (unpaired) electrons. The van der Waals surface area contributed by atoms with Gasteiger partial charge in [-0.15, -0.1) is 0 Å². The van der Waals surface area contributed by atoms with E-state index in [0.29, 0.717) is 48.4 Å². The highest BCUT2D eigenvalue weighted by Crippen LogP contribution is 2.68. The van der Waals surface area contributed by atoms with Gasteiger partial charge >= 0.3 is 11.9 Å². The summed E-state index contributed by atoms with van der Waals surface area (Å²) in [6.45, 7) is 9.44. The maximum atomic E-state index is 15.5. The van der Waals surface area contributed by atoms with Crippen molar-refractivity contribution >= 4 is 34.4 Å². The van der Waals surface area contributed by atoms with Crippen LogP contribution in [-0.4, -0.2) is 129 Å². The second-order valence-corrected chi connectivity index (χ2v) is 19.6. The lowest BCUT2D eigenvalue weighted by Gasteiger charge is -2.64. The van der Waals surface area contributed by atoms with Crippen LogP contribution >= 0.6 is 0 Å². The molecule has 3 N–H and O–H groups in total. The summed E-state index contributed by atoms with van der Waals surface area (Å²) in [5.41, 5.74) is 2.38. The zero-order valence-corrected chi connectivity index (χ0v) is 39.2. The van der Waals surface area contributed by atoms with Crippen molar-refractivity contribution < 1.29 is 38.4 Å². The van der Waals surface area contributed by atoms with Crippen molar-refractivity contribution in [1.82, 2.24) is 20.1 Å². The molecule has 2 fully saturated rings. The Morgan fingerprint density at radius 3 is 2.47 bits per heavy atom. The molecule has 10 rings (SSSR count). The van der Waals surface area contributed by atoms with Crippen LogP contribution in [0.2, 0.25) is 0 Å². The molecule has 1 aliphatic carbocycles. The van der Waals surface area contributed by atoms with Crippen LogP contribution in [0.5, 0.6) is 11.5 Å². The molecule has 1 aromatic heterocycles. The molecule has 1 saturated heterocycles. The fraction of sp³-hybridized carbons (Fsp3) is 0.491. The van der Waals surface area contributed by atoms with Crippen LogP contribution < -0.4 is 19.7 Å². The first kappa shape index (κ1) is 44.2. The number of esters is 2. The predicted octanol–water partition coefficient (Wildman–Crippen LogP) is 6.06. The number of hydrogen-bond donors (Lipinski definition) is 3. The Labute approximate surface area is 387 Å². The number of methoxy groups -OCH3 is 3. The van der Waals surface area contributed by atoms with Gasteiger partial charge in [0, 0.05) is 96.5 Å². The number of aromatic amines is 1. The lowest BCUT2D eigenvalue weighted by atomic mass is 9.47. The van der Waals surface area contributed by atoms with Gasteiger partial charge in [0.25, 0.3) is 5.91 Å². The molecule has 1 saturated carbocycles. The van der Waals surface area contributed by atoms with Gasteiger partial charge in [0.05, 0.1) is 33.9 Å². The Bertz CT molecular complexity index is 2660. The number of anilines is 1. The van der Waals surface area contributed by atoms with Crippen molar-refractivity contribution in [2.45, 2.75) is 87.5 Å². The van der Waals surface area contributed by atoms with E-state index in [2.05, 4.69) is 81.3 Å². The Balaban J connectivity index is 1.22. The van der Waals surface area contributed by atoms with Gasteiger partial charge < -0.3 is 39.3 Å². The van der Waals surface area contributed by atoms with E-state index in [1.165, 1.54) is 19.6 Å². The first-order valence-electron chi connectivity index (χ1n) is 23.6. The molecule has 3 aromatic carbocycles. The molecule has 6 heterocycles. The largest absolute Gasteiger partial charge is 0.497 e. The number of hydrogen-bond acceptors (Lipinski definition) is 11. The summed E-state index contributed by atoms with van der Waals surface area (Å²) in [5, 5.41) is 18.2. The number of rotatable bonds is 10. The number of H-pyrrole nitrogens is 1. The first-order chi connectivity index (χ1) is 31.8. The van der Waals surface area contributed by atoms with Gasteiger partial charge in [0.2, 0.25) is 0 Å². The van der Waals surface area contributed by atoms with Gasteiger partial charge in [-0.25, -0.2) is 0 Å². The molecule has 13 nitrogen and oxygen atoms in total. The van der Waals surface area contributed by atoms with Crippen LogP contribution in [0.25, 0.3) is 10.9 Å². The number of aliphatic hydroxyl groups is 1. The van der Waals surface area contributed by atoms with Gasteiger partial charge in [-0.3, -0.25) is 24.2 Å². The quantitative estimate of drug-likeness (QED) is 0.126. The zero-order chi connectivity index (χ0) is 46.3. The van der Waals surface area contributed by atoms with Crippen molar-refractivity contribution in [3.8, 4) is 11.5 Å². The lowest BCUT2D eigenvalue weighted by Crippen LogP contribution is -2.81. The number of nitrogens with one attached hydrogen (secondary N) is 2. The van der Waals surface area contributed by atoms with Crippen LogP contribution in [-0.2, 0) is 36.3 Å². The minimum atomic E-state index is -1.82. The molecule has 9 atom stereocenters. The summed E-state index contributed by atoms with van der Waals surface area (Å²) in [4.78, 5) is 53.8. The fourth-order valence-corrected chi connectivity index (χ4v) is 14.1. The third kappa shape index (κ3) is 6.25. The molecular weight excluding hydrogens is 835 g/mol. The van der Waals surface area contributed by atoms with Crippen molar-refractivity contribution in [3.05, 3.63) is 112 Å². The lowest BCUT2D eigenvalue weighted by molar-refractivity contribution is -0.216. The number of fused-ring (bicyclic) bond motifs is 6. The molecule has 13 heteroatoms. The standard InChI is InChI=1S/C53H63N5O8/c1-8-33-25-34-28-52(49(61)65-7,44-38(19-23-57(29-33)30-34)37-13-10-11-14-41(37)55-44)40-26-39-42(27-43(40)64-6)56(4)47-51(39)21-24-58-22-12-20-50(9-2,46(51)58)48(66-32(3)59)53(47,62)31-54-45(60)35-15-17-36(63-5)18-16-35/h10-18,20,25-27,34,46-48,55,62H,8-9,19,21-24,28-31H2,1-7H3,(H,54,60)/t34-,46-,47+,48+,50+,51+,52-,53-/m0/s1. The average molecular weight is 898 g/mol. The average Bonchev–Trinajstić information content (AvgIpc) is 4.00. The smallest absolute Gasteiger partial charge is 0.322 e. The second-order valence-electron chi connectivity index (χ2n) is 19.6. The summed E-state index contributed by atoms with van der Waals surface area (Å²) in [6.07, 6.45) is 8.96. The first-order valence-corrected chi connectivity index (χ1v) is 23.6. The van der Waals surface area contributed by atoms with Crippen molar-refractivity contribution in [2.75, 3.05) is 72.5 Å². The number of likely N-dealkylation sites (N-methyl/N-ethyl adjacent to an activating group) is 1. The maximum Gasteiger partial charge on any atom is 0.322 e. The van der Waals surface area contributed by atoms with Gasteiger partial charge in [-0.05, 0) is 92.1 Å². The number of aromatic nitrogens is 1. The summed E-state index contributed by atoms with van der Waals surface area (Å²) < 4.78 is 24.3. The molecule has 1 amide bonds. The van der Waals surface area contributed by atoms with Gasteiger partial charge in [-0.1, -0.05) is 55.8 Å². The SMILES string of the molecule is CCC1=C[C@@H]2CN(CCc3c([nH]c4ccccc34)[C@@](C(=O)OC)(c3cc4c(cc3OC)N(C)[C@H]3[C@@](O)(CNC(=O)c5ccc(OC)cc5)[C@H](OC(C)=O)[C@]5(CC)C=CCN6CC[C@]43[C@@H]65)C2)C1. The third-order valence-corrected chi connectivity index (χ3v) is 16.5. The minimum absolute atomic E-state index is 0.0217. The number of ether oxygens (including phenoxy) is 4. The maximum absolute atomic E-state index is 15.5. The highest BCUT2D eigenvalue weighted by Gasteiger charge is 2.78. The zero-order valence-electron chi connectivity index (χ0n) is 39.2. The summed E-state index contributed by atoms with van der Waals surface area (Å²) in [5.74, 6) is -0.0830. The third-order valence-electron chi connectivity index (χ3n) is 16.5. The normalized spacial score (nSPS) is 31.8. The number of para-hydroxylation sites is 1. The number of carbonyl (C=O) groups is 3. The highest BCUT2D eigenvalue weighted by molar-refractivity contribution is 5.95. The van der Waals surface area contributed by atoms with Crippen molar-refractivity contribution in [1.29, 1.82) is 0 Å². The van der Waals surface area contributed by atoms with Crippen LogP contribution in [0.4, 0.5) is 5.69 Å². The molecule has 6 aliphatic rings. The molecule has 348 valence electrons. The van der Waals surface area contributed by atoms with Crippen LogP contribution in [0.1, 0.15) is 79.2 Å². The van der Waals surface area contributed by atoms with Gasteiger partial charge in [0.1, 0.15) is 28.6 Å². The van der Waals surface area contributed by atoms with Crippen LogP contribution in [0, 0.1) is 11.3 Å². The molecule has 66 heavy (non-hydrogen) atoms. The Hall–Kier alpha value is -5.63. The van der Waals surface area contributed by atoms with E-state index in [4.69, 9.17) is 18.9 Å². The number of amides is 1. The summed E-state index contributed by atoms with van der Waals surface area (Å²) >= 11 is 0. The molecule has 5 aliphatic heterocycles. The van der Waals surface area contributed by atoms with E-state index in [9.17, 15) is 14.7 Å². The van der Waals surface area contributed by atoms with Gasteiger partial charge in [-0.2, -0.15) is 0 Å². The van der Waals surface area contributed by atoms with Gasteiger partial charge in [0.15, 0.2) is 0 Å².